The highest BCUT2D eigenvalue weighted by atomic mass is 16.5. The van der Waals surface area contributed by atoms with Crippen LogP contribution in [-0.2, 0) is 0 Å². The molecule has 0 aliphatic carbocycles. The van der Waals surface area contributed by atoms with Gasteiger partial charge in [0, 0.05) is 17.3 Å². The predicted octanol–water partition coefficient (Wildman–Crippen LogP) is 3.46. The molecular weight excluding hydrogens is 250 g/mol. The number of benzene rings is 2. The van der Waals surface area contributed by atoms with Gasteiger partial charge in [-0.2, -0.15) is 0 Å². The van der Waals surface area contributed by atoms with Gasteiger partial charge in [0.05, 0.1) is 0 Å². The third-order valence-electron chi connectivity index (χ3n) is 3.45. The summed E-state index contributed by atoms with van der Waals surface area (Å²) in [6, 6.07) is 11.1. The van der Waals surface area contributed by atoms with Crippen molar-refractivity contribution in [1.82, 2.24) is 0 Å². The maximum absolute atomic E-state index is 12.1. The number of ether oxygens (including phenoxy) is 1. The molecule has 2 aromatic rings. The SMILES string of the molecule is Cc1ccc(C(=O)COc2ccc(C)c(N)c2)cc1C. The summed E-state index contributed by atoms with van der Waals surface area (Å²) in [4.78, 5) is 12.1. The summed E-state index contributed by atoms with van der Waals surface area (Å²) in [5.41, 5.74) is 10.4. The third-order valence-corrected chi connectivity index (χ3v) is 3.45. The molecule has 3 heteroatoms. The second-order valence-corrected chi connectivity index (χ2v) is 5.03. The van der Waals surface area contributed by atoms with E-state index in [0.29, 0.717) is 17.0 Å². The standard InChI is InChI=1S/C17H19NO2/c1-11-4-6-14(8-13(11)3)17(19)10-20-15-7-5-12(2)16(18)9-15/h4-9H,10,18H2,1-3H3. The summed E-state index contributed by atoms with van der Waals surface area (Å²) in [5.74, 6) is 0.581. The van der Waals surface area contributed by atoms with E-state index in [1.807, 2.05) is 51.1 Å². The number of aryl methyl sites for hydroxylation is 3. The fourth-order valence-corrected chi connectivity index (χ4v) is 1.86. The first-order valence-electron chi connectivity index (χ1n) is 6.57. The Morgan fingerprint density at radius 2 is 1.70 bits per heavy atom. The first-order chi connectivity index (χ1) is 9.47. The summed E-state index contributed by atoms with van der Waals surface area (Å²) < 4.78 is 5.50. The zero-order valence-electron chi connectivity index (χ0n) is 12.1. The van der Waals surface area contributed by atoms with E-state index >= 15 is 0 Å². The number of hydrogen-bond acceptors (Lipinski definition) is 3. The van der Waals surface area contributed by atoms with Gasteiger partial charge in [0.25, 0.3) is 0 Å². The number of anilines is 1. The molecule has 3 nitrogen and oxygen atoms in total. The molecule has 0 saturated carbocycles. The van der Waals surface area contributed by atoms with E-state index in [1.54, 1.807) is 6.07 Å². The molecule has 0 heterocycles. The molecule has 0 saturated heterocycles. The lowest BCUT2D eigenvalue weighted by atomic mass is 10.0. The first-order valence-corrected chi connectivity index (χ1v) is 6.57. The lowest BCUT2D eigenvalue weighted by Gasteiger charge is -2.08. The molecule has 0 fully saturated rings. The second-order valence-electron chi connectivity index (χ2n) is 5.03. The zero-order valence-corrected chi connectivity index (χ0v) is 12.1. The van der Waals surface area contributed by atoms with E-state index in [1.165, 1.54) is 5.56 Å². The molecule has 0 unspecified atom stereocenters. The number of carbonyl (C=O) groups excluding carboxylic acids is 1. The highest BCUT2D eigenvalue weighted by Crippen LogP contribution is 2.19. The van der Waals surface area contributed by atoms with Gasteiger partial charge in [-0.15, -0.1) is 0 Å². The van der Waals surface area contributed by atoms with Gasteiger partial charge in [-0.25, -0.2) is 0 Å². The van der Waals surface area contributed by atoms with Crippen molar-refractivity contribution in [2.24, 2.45) is 0 Å². The van der Waals surface area contributed by atoms with Crippen LogP contribution in [0.4, 0.5) is 5.69 Å². The molecule has 104 valence electrons. The van der Waals surface area contributed by atoms with Gasteiger partial charge < -0.3 is 10.5 Å². The van der Waals surface area contributed by atoms with Crippen molar-refractivity contribution in [3.8, 4) is 5.75 Å². The fraction of sp³-hybridized carbons (Fsp3) is 0.235. The lowest BCUT2D eigenvalue weighted by molar-refractivity contribution is 0.0921. The second kappa shape index (κ2) is 5.78. The van der Waals surface area contributed by atoms with Crippen molar-refractivity contribution in [2.45, 2.75) is 20.8 Å². The molecule has 0 atom stereocenters. The van der Waals surface area contributed by atoms with Crippen molar-refractivity contribution in [2.75, 3.05) is 12.3 Å². The summed E-state index contributed by atoms with van der Waals surface area (Å²) in [6.45, 7) is 5.97. The van der Waals surface area contributed by atoms with Crippen molar-refractivity contribution < 1.29 is 9.53 Å². The van der Waals surface area contributed by atoms with Crippen molar-refractivity contribution in [3.05, 3.63) is 58.7 Å². The number of Topliss-reactive ketones (excluding diaryl/α,β-unsaturated/α-hetero) is 1. The monoisotopic (exact) mass is 269 g/mol. The lowest BCUT2D eigenvalue weighted by Crippen LogP contribution is -2.12. The largest absolute Gasteiger partial charge is 0.485 e. The topological polar surface area (TPSA) is 52.3 Å². The van der Waals surface area contributed by atoms with Gasteiger partial charge in [-0.1, -0.05) is 18.2 Å². The van der Waals surface area contributed by atoms with Crippen LogP contribution in [-0.4, -0.2) is 12.4 Å². The smallest absolute Gasteiger partial charge is 0.200 e. The summed E-state index contributed by atoms with van der Waals surface area (Å²) in [7, 11) is 0. The van der Waals surface area contributed by atoms with Crippen LogP contribution >= 0.6 is 0 Å². The zero-order chi connectivity index (χ0) is 14.7. The van der Waals surface area contributed by atoms with Crippen LogP contribution in [0.2, 0.25) is 0 Å². The van der Waals surface area contributed by atoms with Gasteiger partial charge >= 0.3 is 0 Å². The summed E-state index contributed by atoms with van der Waals surface area (Å²) >= 11 is 0. The Kier molecular flexibility index (Phi) is 4.08. The quantitative estimate of drug-likeness (QED) is 0.683. The number of ketones is 1. The fourth-order valence-electron chi connectivity index (χ4n) is 1.86. The molecule has 0 spiro atoms. The number of rotatable bonds is 4. The molecule has 20 heavy (non-hydrogen) atoms. The van der Waals surface area contributed by atoms with Gasteiger partial charge in [-0.3, -0.25) is 4.79 Å². The Hall–Kier alpha value is -2.29. The summed E-state index contributed by atoms with van der Waals surface area (Å²) in [5, 5.41) is 0. The number of carbonyl (C=O) groups is 1. The Morgan fingerprint density at radius 1 is 1.00 bits per heavy atom. The molecule has 2 aromatic carbocycles. The van der Waals surface area contributed by atoms with Gasteiger partial charge in [0.1, 0.15) is 5.75 Å². The Bertz CT molecular complexity index is 647. The first kappa shape index (κ1) is 14.1. The van der Waals surface area contributed by atoms with E-state index in [9.17, 15) is 4.79 Å². The summed E-state index contributed by atoms with van der Waals surface area (Å²) in [6.07, 6.45) is 0. The number of nitrogen functional groups attached to an aromatic ring is 1. The van der Waals surface area contributed by atoms with Crippen molar-refractivity contribution in [3.63, 3.8) is 0 Å². The minimum atomic E-state index is -0.0350. The minimum Gasteiger partial charge on any atom is -0.485 e. The van der Waals surface area contributed by atoms with E-state index in [-0.39, 0.29) is 12.4 Å². The molecule has 0 aliphatic heterocycles. The highest BCUT2D eigenvalue weighted by molar-refractivity contribution is 5.97. The Labute approximate surface area is 119 Å². The van der Waals surface area contributed by atoms with Gasteiger partial charge in [-0.05, 0) is 49.6 Å². The normalized spacial score (nSPS) is 10.3. The van der Waals surface area contributed by atoms with Crippen LogP contribution in [0.1, 0.15) is 27.0 Å². The average molecular weight is 269 g/mol. The van der Waals surface area contributed by atoms with Crippen LogP contribution < -0.4 is 10.5 Å². The van der Waals surface area contributed by atoms with Crippen LogP contribution in [0.3, 0.4) is 0 Å². The predicted molar refractivity (Wildman–Crippen MR) is 81.3 cm³/mol. The number of nitrogens with two attached hydrogens (primary N) is 1. The van der Waals surface area contributed by atoms with Gasteiger partial charge in [0.15, 0.2) is 12.4 Å². The molecule has 0 radical (unpaired) electrons. The molecule has 0 amide bonds. The maximum atomic E-state index is 12.1. The van der Waals surface area contributed by atoms with Crippen molar-refractivity contribution in [1.29, 1.82) is 0 Å². The van der Waals surface area contributed by atoms with Crippen LogP contribution in [0.15, 0.2) is 36.4 Å². The third kappa shape index (κ3) is 3.18. The molecule has 0 bridgehead atoms. The number of hydrogen-bond donors (Lipinski definition) is 1. The Morgan fingerprint density at radius 3 is 2.35 bits per heavy atom. The van der Waals surface area contributed by atoms with E-state index < -0.39 is 0 Å². The molecule has 0 aromatic heterocycles. The molecular formula is C17H19NO2. The average Bonchev–Trinajstić information content (AvgIpc) is 2.43. The van der Waals surface area contributed by atoms with Crippen molar-refractivity contribution >= 4 is 11.5 Å². The van der Waals surface area contributed by atoms with E-state index in [0.717, 1.165) is 11.1 Å². The highest BCUT2D eigenvalue weighted by Gasteiger charge is 2.08. The Balaban J connectivity index is 2.04. The van der Waals surface area contributed by atoms with E-state index in [2.05, 4.69) is 0 Å². The van der Waals surface area contributed by atoms with Crippen LogP contribution in [0.25, 0.3) is 0 Å². The van der Waals surface area contributed by atoms with E-state index in [4.69, 9.17) is 10.5 Å². The molecule has 2 N–H and O–H groups in total. The van der Waals surface area contributed by atoms with Gasteiger partial charge in [0.2, 0.25) is 0 Å². The molecule has 0 aliphatic rings. The molecule has 2 rings (SSSR count). The van der Waals surface area contributed by atoms with Crippen LogP contribution in [0, 0.1) is 20.8 Å². The minimum absolute atomic E-state index is 0.0189. The van der Waals surface area contributed by atoms with Crippen LogP contribution in [0.5, 0.6) is 5.75 Å². The maximum Gasteiger partial charge on any atom is 0.200 e.